The zero-order valence-electron chi connectivity index (χ0n) is 10.9. The van der Waals surface area contributed by atoms with Crippen LogP contribution in [0.2, 0.25) is 0 Å². The molecule has 1 aromatic carbocycles. The van der Waals surface area contributed by atoms with E-state index in [0.717, 1.165) is 6.26 Å². The third-order valence-electron chi connectivity index (χ3n) is 2.37. The molecule has 0 aliphatic heterocycles. The Morgan fingerprint density at radius 3 is 2.63 bits per heavy atom. The molecule has 0 bridgehead atoms. The number of hydrogen-bond acceptors (Lipinski definition) is 4. The molecule has 0 unspecified atom stereocenters. The summed E-state index contributed by atoms with van der Waals surface area (Å²) in [5, 5.41) is 5.23. The van der Waals surface area contributed by atoms with Gasteiger partial charge in [-0.25, -0.2) is 12.8 Å². The number of carbonyl (C=O) groups is 1. The normalized spacial score (nSPS) is 11.1. The van der Waals surface area contributed by atoms with Gasteiger partial charge in [0.2, 0.25) is 0 Å². The van der Waals surface area contributed by atoms with Crippen molar-refractivity contribution in [1.82, 2.24) is 5.32 Å². The van der Waals surface area contributed by atoms with Crippen LogP contribution in [0.4, 0.5) is 10.1 Å². The Bertz CT molecular complexity index is 558. The molecule has 0 aliphatic rings. The number of amides is 1. The molecule has 1 rings (SSSR count). The van der Waals surface area contributed by atoms with Gasteiger partial charge in [-0.1, -0.05) is 6.07 Å². The Hall–Kier alpha value is -1.63. The zero-order chi connectivity index (χ0) is 14.5. The summed E-state index contributed by atoms with van der Waals surface area (Å²) in [6, 6.07) is 4.17. The van der Waals surface area contributed by atoms with Gasteiger partial charge in [0.25, 0.3) is 5.91 Å². The molecule has 1 amide bonds. The molecule has 2 N–H and O–H groups in total. The number of para-hydroxylation sites is 1. The second kappa shape index (κ2) is 6.51. The Morgan fingerprint density at radius 2 is 2.05 bits per heavy atom. The minimum absolute atomic E-state index is 0.000253. The second-order valence-electron chi connectivity index (χ2n) is 4.08. The van der Waals surface area contributed by atoms with Gasteiger partial charge in [-0.15, -0.1) is 0 Å². The zero-order valence-corrected chi connectivity index (χ0v) is 11.7. The maximum Gasteiger partial charge on any atom is 0.253 e. The summed E-state index contributed by atoms with van der Waals surface area (Å²) < 4.78 is 35.5. The quantitative estimate of drug-likeness (QED) is 0.820. The van der Waals surface area contributed by atoms with Gasteiger partial charge in [-0.05, 0) is 19.1 Å². The van der Waals surface area contributed by atoms with E-state index in [4.69, 9.17) is 0 Å². The molecule has 0 heterocycles. The van der Waals surface area contributed by atoms with E-state index in [1.807, 2.05) is 0 Å². The molecule has 0 saturated heterocycles. The maximum atomic E-state index is 13.6. The van der Waals surface area contributed by atoms with E-state index < -0.39 is 21.6 Å². The minimum Gasteiger partial charge on any atom is -0.382 e. The van der Waals surface area contributed by atoms with E-state index in [2.05, 4.69) is 10.6 Å². The molecule has 0 aromatic heterocycles. The van der Waals surface area contributed by atoms with Crippen molar-refractivity contribution < 1.29 is 17.6 Å². The number of nitrogens with one attached hydrogen (secondary N) is 2. The number of rotatable bonds is 6. The van der Waals surface area contributed by atoms with Crippen molar-refractivity contribution in [2.24, 2.45) is 0 Å². The molecule has 5 nitrogen and oxygen atoms in total. The summed E-state index contributed by atoms with van der Waals surface area (Å²) in [6.45, 7) is 2.27. The van der Waals surface area contributed by atoms with E-state index in [0.29, 0.717) is 6.54 Å². The van der Waals surface area contributed by atoms with Crippen LogP contribution >= 0.6 is 0 Å². The van der Waals surface area contributed by atoms with Gasteiger partial charge in [0.05, 0.1) is 17.0 Å². The SMILES string of the molecule is CCNc1c(F)cccc1C(=O)NCCS(C)(=O)=O. The highest BCUT2D eigenvalue weighted by Gasteiger charge is 2.14. The highest BCUT2D eigenvalue weighted by Crippen LogP contribution is 2.19. The molecule has 0 atom stereocenters. The standard InChI is InChI=1S/C12H17FN2O3S/c1-3-14-11-9(5-4-6-10(11)13)12(16)15-7-8-19(2,17)18/h4-6,14H,3,7-8H2,1-2H3,(H,15,16). The number of carbonyl (C=O) groups excluding carboxylic acids is 1. The molecule has 1 aromatic rings. The molecule has 106 valence electrons. The van der Waals surface area contributed by atoms with Crippen molar-refractivity contribution in [3.05, 3.63) is 29.6 Å². The first-order chi connectivity index (χ1) is 8.85. The first-order valence-electron chi connectivity index (χ1n) is 5.83. The first kappa shape index (κ1) is 15.4. The van der Waals surface area contributed by atoms with Gasteiger partial charge in [0.1, 0.15) is 15.7 Å². The predicted molar refractivity (Wildman–Crippen MR) is 72.6 cm³/mol. The van der Waals surface area contributed by atoms with Gasteiger partial charge in [0, 0.05) is 19.3 Å². The van der Waals surface area contributed by atoms with Gasteiger partial charge in [-0.3, -0.25) is 4.79 Å². The van der Waals surface area contributed by atoms with E-state index in [1.165, 1.54) is 18.2 Å². The highest BCUT2D eigenvalue weighted by molar-refractivity contribution is 7.90. The van der Waals surface area contributed by atoms with Crippen molar-refractivity contribution in [3.63, 3.8) is 0 Å². The topological polar surface area (TPSA) is 75.3 Å². The van der Waals surface area contributed by atoms with Crippen LogP contribution in [-0.4, -0.2) is 39.4 Å². The lowest BCUT2D eigenvalue weighted by Gasteiger charge is -2.11. The molecule has 0 fully saturated rings. The lowest BCUT2D eigenvalue weighted by atomic mass is 10.1. The smallest absolute Gasteiger partial charge is 0.253 e. The van der Waals surface area contributed by atoms with E-state index in [1.54, 1.807) is 6.92 Å². The number of anilines is 1. The second-order valence-corrected chi connectivity index (χ2v) is 6.34. The summed E-state index contributed by atoms with van der Waals surface area (Å²) in [4.78, 5) is 11.9. The number of benzene rings is 1. The van der Waals surface area contributed by atoms with Crippen molar-refractivity contribution in [1.29, 1.82) is 0 Å². The molecule has 7 heteroatoms. The van der Waals surface area contributed by atoms with E-state index in [9.17, 15) is 17.6 Å². The van der Waals surface area contributed by atoms with Crippen LogP contribution in [-0.2, 0) is 9.84 Å². The average Bonchev–Trinajstić information content (AvgIpc) is 2.30. The van der Waals surface area contributed by atoms with Crippen molar-refractivity contribution in [3.8, 4) is 0 Å². The van der Waals surface area contributed by atoms with Crippen LogP contribution in [0.25, 0.3) is 0 Å². The van der Waals surface area contributed by atoms with Crippen LogP contribution < -0.4 is 10.6 Å². The maximum absolute atomic E-state index is 13.6. The molecular formula is C12H17FN2O3S. The highest BCUT2D eigenvalue weighted by atomic mass is 32.2. The Balaban J connectivity index is 2.79. The number of hydrogen-bond donors (Lipinski definition) is 2. The first-order valence-corrected chi connectivity index (χ1v) is 7.89. The third kappa shape index (κ3) is 4.86. The Labute approximate surface area is 112 Å². The van der Waals surface area contributed by atoms with Crippen LogP contribution in [0.3, 0.4) is 0 Å². The third-order valence-corrected chi connectivity index (χ3v) is 3.32. The lowest BCUT2D eigenvalue weighted by molar-refractivity contribution is 0.0956. The number of sulfone groups is 1. The summed E-state index contributed by atoms with van der Waals surface area (Å²) in [7, 11) is -3.13. The van der Waals surface area contributed by atoms with Gasteiger partial charge in [0.15, 0.2) is 0 Å². The lowest BCUT2D eigenvalue weighted by Crippen LogP contribution is -2.29. The van der Waals surface area contributed by atoms with Gasteiger partial charge >= 0.3 is 0 Å². The van der Waals surface area contributed by atoms with Crippen molar-refractivity contribution in [2.45, 2.75) is 6.92 Å². The molecule has 0 radical (unpaired) electrons. The molecule has 19 heavy (non-hydrogen) atoms. The van der Waals surface area contributed by atoms with E-state index >= 15 is 0 Å². The molecular weight excluding hydrogens is 271 g/mol. The molecule has 0 saturated carbocycles. The summed E-state index contributed by atoms with van der Waals surface area (Å²) in [5.74, 6) is -1.17. The molecule has 0 aliphatic carbocycles. The van der Waals surface area contributed by atoms with Gasteiger partial charge < -0.3 is 10.6 Å². The van der Waals surface area contributed by atoms with Crippen LogP contribution in [0.15, 0.2) is 18.2 Å². The fourth-order valence-corrected chi connectivity index (χ4v) is 1.99. The largest absolute Gasteiger partial charge is 0.382 e. The predicted octanol–water partition coefficient (Wildman–Crippen LogP) is 1.03. The summed E-state index contributed by atoms with van der Waals surface area (Å²) >= 11 is 0. The van der Waals surface area contributed by atoms with Crippen LogP contribution in [0.1, 0.15) is 17.3 Å². The fraction of sp³-hybridized carbons (Fsp3) is 0.417. The van der Waals surface area contributed by atoms with Gasteiger partial charge in [-0.2, -0.15) is 0 Å². The monoisotopic (exact) mass is 288 g/mol. The summed E-state index contributed by atoms with van der Waals surface area (Å²) in [6.07, 6.45) is 1.09. The molecule has 0 spiro atoms. The van der Waals surface area contributed by atoms with Crippen molar-refractivity contribution >= 4 is 21.4 Å². The van der Waals surface area contributed by atoms with Crippen LogP contribution in [0.5, 0.6) is 0 Å². The Kier molecular flexibility index (Phi) is 5.29. The van der Waals surface area contributed by atoms with Crippen LogP contribution in [0, 0.1) is 5.82 Å². The average molecular weight is 288 g/mol. The number of halogens is 1. The Morgan fingerprint density at radius 1 is 1.37 bits per heavy atom. The summed E-state index contributed by atoms with van der Waals surface area (Å²) in [5.41, 5.74) is 0.289. The van der Waals surface area contributed by atoms with E-state index in [-0.39, 0.29) is 23.5 Å². The minimum atomic E-state index is -3.13. The van der Waals surface area contributed by atoms with Crippen molar-refractivity contribution in [2.75, 3.05) is 30.4 Å². The fourth-order valence-electron chi connectivity index (χ4n) is 1.51.